The summed E-state index contributed by atoms with van der Waals surface area (Å²) in [5, 5.41) is 8.23. The Morgan fingerprint density at radius 3 is 2.19 bits per heavy atom. The van der Waals surface area contributed by atoms with Crippen molar-refractivity contribution in [2.24, 2.45) is 0 Å². The number of hydrogen-bond donors (Lipinski definition) is 0. The zero-order valence-corrected chi connectivity index (χ0v) is 25.8. The molecule has 2 aliphatic heterocycles. The number of hydrogen-bond acceptors (Lipinski definition) is 9. The van der Waals surface area contributed by atoms with Crippen LogP contribution in [0.3, 0.4) is 0 Å². The van der Waals surface area contributed by atoms with Crippen LogP contribution < -0.4 is 20.2 Å². The summed E-state index contributed by atoms with van der Waals surface area (Å²) in [5.41, 5.74) is 2.93. The van der Waals surface area contributed by atoms with Crippen LogP contribution in [-0.4, -0.2) is 74.6 Å². The summed E-state index contributed by atoms with van der Waals surface area (Å²) in [6.45, 7) is 6.20. The lowest BCUT2D eigenvalue weighted by molar-refractivity contribution is -0.192. The number of aryl methyl sites for hydroxylation is 1. The van der Waals surface area contributed by atoms with Gasteiger partial charge < -0.3 is 24.0 Å². The van der Waals surface area contributed by atoms with E-state index in [4.69, 9.17) is 14.2 Å². The first-order valence-corrected chi connectivity index (χ1v) is 15.5. The van der Waals surface area contributed by atoms with E-state index in [1.165, 1.54) is 34.2 Å². The van der Waals surface area contributed by atoms with Gasteiger partial charge in [-0.1, -0.05) is 0 Å². The number of piperazine rings is 1. The van der Waals surface area contributed by atoms with Crippen LogP contribution in [-0.2, 0) is 28.4 Å². The van der Waals surface area contributed by atoms with E-state index >= 15 is 0 Å². The SMILES string of the molecule is CCn1ncn(-c2ccc(N3CCN(c4ccc(OCC5COC(Cn6cncn6)(c6ccc(F)cc6F)O5)cc4)CC3)cc2)c1=O. The summed E-state index contributed by atoms with van der Waals surface area (Å²) in [6, 6.07) is 19.2. The molecule has 7 rings (SSSR count). The van der Waals surface area contributed by atoms with E-state index in [1.54, 1.807) is 10.9 Å². The van der Waals surface area contributed by atoms with Gasteiger partial charge in [-0.05, 0) is 67.6 Å². The van der Waals surface area contributed by atoms with Crippen LogP contribution in [0.25, 0.3) is 5.69 Å². The minimum atomic E-state index is -1.51. The lowest BCUT2D eigenvalue weighted by atomic mass is 10.0. The van der Waals surface area contributed by atoms with Crippen molar-refractivity contribution in [3.8, 4) is 11.4 Å². The standard InChI is InChI=1S/C33H34F2N8O4/c1-2-43-32(44)42(23-38-43)27-6-4-25(5-7-27)39-13-15-40(16-14-39)26-8-10-28(11-9-26)45-18-29-19-46-33(47-29,20-41-22-36-21-37-41)30-12-3-24(34)17-31(30)35/h3-12,17,21-23,29H,2,13-16,18-20H2,1H3. The topological polar surface area (TPSA) is 105 Å². The van der Waals surface area contributed by atoms with Crippen molar-refractivity contribution in [2.45, 2.75) is 31.9 Å². The second-order valence-electron chi connectivity index (χ2n) is 11.4. The van der Waals surface area contributed by atoms with Gasteiger partial charge in [0, 0.05) is 55.7 Å². The highest BCUT2D eigenvalue weighted by atomic mass is 19.1. The van der Waals surface area contributed by atoms with Gasteiger partial charge in [0.2, 0.25) is 5.79 Å². The maximum Gasteiger partial charge on any atom is 0.350 e. The van der Waals surface area contributed by atoms with E-state index in [0.717, 1.165) is 49.3 Å². The average molecular weight is 645 g/mol. The van der Waals surface area contributed by atoms with Crippen LogP contribution in [0.5, 0.6) is 5.75 Å². The maximum absolute atomic E-state index is 14.9. The molecule has 2 saturated heterocycles. The average Bonchev–Trinajstić information content (AvgIpc) is 3.85. The Kier molecular flexibility index (Phi) is 8.43. The van der Waals surface area contributed by atoms with Gasteiger partial charge in [-0.3, -0.25) is 0 Å². The molecule has 0 bridgehead atoms. The maximum atomic E-state index is 14.9. The molecule has 2 aromatic heterocycles. The van der Waals surface area contributed by atoms with Crippen LogP contribution in [0.2, 0.25) is 0 Å². The molecule has 0 spiro atoms. The van der Waals surface area contributed by atoms with Crippen LogP contribution in [0.4, 0.5) is 20.2 Å². The lowest BCUT2D eigenvalue weighted by Gasteiger charge is -2.37. The molecule has 3 aromatic carbocycles. The summed E-state index contributed by atoms with van der Waals surface area (Å²) < 4.78 is 51.2. The third-order valence-electron chi connectivity index (χ3n) is 8.48. The zero-order valence-electron chi connectivity index (χ0n) is 25.8. The van der Waals surface area contributed by atoms with E-state index in [-0.39, 0.29) is 31.0 Å². The summed E-state index contributed by atoms with van der Waals surface area (Å²) in [5.74, 6) is -2.30. The predicted octanol–water partition coefficient (Wildman–Crippen LogP) is 3.60. The van der Waals surface area contributed by atoms with Crippen molar-refractivity contribution in [1.29, 1.82) is 0 Å². The Labute approximate surface area is 269 Å². The Morgan fingerprint density at radius 1 is 0.894 bits per heavy atom. The Hall–Kier alpha value is -5.08. The number of nitrogens with zero attached hydrogens (tertiary/aromatic N) is 8. The van der Waals surface area contributed by atoms with Gasteiger partial charge in [0.25, 0.3) is 0 Å². The van der Waals surface area contributed by atoms with E-state index in [0.29, 0.717) is 12.3 Å². The summed E-state index contributed by atoms with van der Waals surface area (Å²) in [4.78, 5) is 21.0. The fraction of sp³-hybridized carbons (Fsp3) is 0.333. The summed E-state index contributed by atoms with van der Waals surface area (Å²) in [7, 11) is 0. The molecule has 0 saturated carbocycles. The molecule has 244 valence electrons. The largest absolute Gasteiger partial charge is 0.491 e. The van der Waals surface area contributed by atoms with E-state index in [1.807, 2.05) is 55.5 Å². The minimum Gasteiger partial charge on any atom is -0.491 e. The number of ether oxygens (including phenoxy) is 3. The third kappa shape index (κ3) is 6.33. The highest BCUT2D eigenvalue weighted by Crippen LogP contribution is 2.38. The minimum absolute atomic E-state index is 0.0339. The smallest absolute Gasteiger partial charge is 0.350 e. The highest BCUT2D eigenvalue weighted by Gasteiger charge is 2.46. The first-order chi connectivity index (χ1) is 22.9. The van der Waals surface area contributed by atoms with Crippen molar-refractivity contribution in [2.75, 3.05) is 49.2 Å². The molecule has 2 aliphatic rings. The van der Waals surface area contributed by atoms with E-state index in [9.17, 15) is 13.6 Å². The molecule has 47 heavy (non-hydrogen) atoms. The molecule has 2 fully saturated rings. The van der Waals surface area contributed by atoms with E-state index < -0.39 is 23.5 Å². The molecular weight excluding hydrogens is 610 g/mol. The van der Waals surface area contributed by atoms with Gasteiger partial charge in [-0.15, -0.1) is 0 Å². The van der Waals surface area contributed by atoms with Gasteiger partial charge in [0.1, 0.15) is 55.6 Å². The monoisotopic (exact) mass is 644 g/mol. The second kappa shape index (κ2) is 13.0. The fourth-order valence-electron chi connectivity index (χ4n) is 6.00. The molecule has 14 heteroatoms. The molecule has 0 aliphatic carbocycles. The number of aromatic nitrogens is 6. The van der Waals surface area contributed by atoms with Gasteiger partial charge >= 0.3 is 5.69 Å². The molecule has 4 heterocycles. The van der Waals surface area contributed by atoms with Crippen LogP contribution in [0, 0.1) is 11.6 Å². The Balaban J connectivity index is 0.931. The first kappa shape index (κ1) is 30.6. The first-order valence-electron chi connectivity index (χ1n) is 15.5. The van der Waals surface area contributed by atoms with Crippen molar-refractivity contribution < 1.29 is 23.0 Å². The predicted molar refractivity (Wildman–Crippen MR) is 169 cm³/mol. The molecule has 2 unspecified atom stereocenters. The summed E-state index contributed by atoms with van der Waals surface area (Å²) in [6.07, 6.45) is 3.90. The van der Waals surface area contributed by atoms with Crippen molar-refractivity contribution in [3.05, 3.63) is 113 Å². The number of halogens is 2. The molecular formula is C33H34F2N8O4. The van der Waals surface area contributed by atoms with Crippen LogP contribution in [0.1, 0.15) is 12.5 Å². The number of benzene rings is 3. The lowest BCUT2D eigenvalue weighted by Crippen LogP contribution is -2.46. The Bertz CT molecular complexity index is 1860. The zero-order chi connectivity index (χ0) is 32.4. The van der Waals surface area contributed by atoms with Gasteiger partial charge in [0.15, 0.2) is 0 Å². The molecule has 2 atom stereocenters. The van der Waals surface area contributed by atoms with Crippen molar-refractivity contribution in [1.82, 2.24) is 29.1 Å². The highest BCUT2D eigenvalue weighted by molar-refractivity contribution is 5.54. The molecule has 0 radical (unpaired) electrons. The fourth-order valence-corrected chi connectivity index (χ4v) is 6.00. The van der Waals surface area contributed by atoms with Gasteiger partial charge in [0.05, 0.1) is 12.3 Å². The molecule has 0 amide bonds. The van der Waals surface area contributed by atoms with Gasteiger partial charge in [-0.2, -0.15) is 10.2 Å². The molecule has 12 nitrogen and oxygen atoms in total. The quantitative estimate of drug-likeness (QED) is 0.226. The van der Waals surface area contributed by atoms with Crippen LogP contribution >= 0.6 is 0 Å². The molecule has 5 aromatic rings. The van der Waals surface area contributed by atoms with E-state index in [2.05, 4.69) is 25.0 Å². The van der Waals surface area contributed by atoms with Gasteiger partial charge in [-0.25, -0.2) is 32.5 Å². The second-order valence-corrected chi connectivity index (χ2v) is 11.4. The third-order valence-corrected chi connectivity index (χ3v) is 8.48. The summed E-state index contributed by atoms with van der Waals surface area (Å²) >= 11 is 0. The van der Waals surface area contributed by atoms with Crippen molar-refractivity contribution in [3.63, 3.8) is 0 Å². The Morgan fingerprint density at radius 2 is 1.57 bits per heavy atom. The number of rotatable bonds is 10. The van der Waals surface area contributed by atoms with Crippen LogP contribution in [0.15, 0.2) is 90.5 Å². The normalized spacial score (nSPS) is 19.8. The van der Waals surface area contributed by atoms with Crippen molar-refractivity contribution >= 4 is 11.4 Å². The number of anilines is 2. The molecule has 0 N–H and O–H groups in total.